The molecule has 1 unspecified atom stereocenters. The van der Waals surface area contributed by atoms with Gasteiger partial charge >= 0.3 is 18.9 Å². The van der Waals surface area contributed by atoms with Crippen LogP contribution in [0.15, 0.2) is 24.3 Å². The van der Waals surface area contributed by atoms with E-state index in [1.54, 1.807) is 19.2 Å². The summed E-state index contributed by atoms with van der Waals surface area (Å²) in [5.74, 6) is 3.30. The molecule has 0 saturated heterocycles. The predicted octanol–water partition coefficient (Wildman–Crippen LogP) is 6.92. The molecule has 0 aromatic heterocycles. The Balaban J connectivity index is 0.00000800. The Kier molecular flexibility index (Phi) is 18.7. The topological polar surface area (TPSA) is 72.5 Å². The maximum absolute atomic E-state index is 13.8. The Bertz CT molecular complexity index is 957. The van der Waals surface area contributed by atoms with Crippen LogP contribution in [0.4, 0.5) is 0 Å². The summed E-state index contributed by atoms with van der Waals surface area (Å²) in [7, 11) is 4.35. The molecule has 1 atom stereocenters. The molecule has 0 N–H and O–H groups in total. The summed E-state index contributed by atoms with van der Waals surface area (Å²) in [4.78, 5) is 13.8. The van der Waals surface area contributed by atoms with Crippen LogP contribution in [-0.4, -0.2) is 65.5 Å². The normalized spacial score (nSPS) is 10.8. The van der Waals surface area contributed by atoms with E-state index in [0.717, 1.165) is 63.1 Å². The van der Waals surface area contributed by atoms with Crippen LogP contribution in [0.25, 0.3) is 0 Å². The molecule has 0 amide bonds. The van der Waals surface area contributed by atoms with Crippen LogP contribution in [0.2, 0.25) is 0 Å². The molecule has 0 fully saturated rings. The zero-order valence-electron chi connectivity index (χ0n) is 24.7. The van der Waals surface area contributed by atoms with Crippen molar-refractivity contribution in [2.45, 2.75) is 78.6 Å². The average Bonchev–Trinajstić information content (AvgIpc) is 2.96. The monoisotopic (exact) mass is 570 g/mol. The van der Waals surface area contributed by atoms with Crippen molar-refractivity contribution in [1.29, 1.82) is 0 Å². The van der Waals surface area contributed by atoms with Gasteiger partial charge in [-0.05, 0) is 27.8 Å². The van der Waals surface area contributed by atoms with Crippen molar-refractivity contribution in [3.63, 3.8) is 0 Å². The van der Waals surface area contributed by atoms with Gasteiger partial charge in [0.15, 0.2) is 5.52 Å². The van der Waals surface area contributed by atoms with Gasteiger partial charge in [-0.3, -0.25) is 4.79 Å². The molecule has 0 aliphatic heterocycles. The van der Waals surface area contributed by atoms with Crippen LogP contribution in [0.3, 0.4) is 0 Å². The summed E-state index contributed by atoms with van der Waals surface area (Å²) in [6.45, 7) is 8.23. The van der Waals surface area contributed by atoms with Gasteiger partial charge in [-0.15, -0.1) is 0 Å². The van der Waals surface area contributed by atoms with Crippen molar-refractivity contribution in [2.24, 2.45) is 0 Å². The fraction of sp³-hybridized carbons (Fsp3) is 0.581. The minimum absolute atomic E-state index is 0. The van der Waals surface area contributed by atoms with Crippen molar-refractivity contribution < 1.29 is 33.2 Å². The van der Waals surface area contributed by atoms with E-state index in [4.69, 9.17) is 28.4 Å². The number of hydrogen-bond acceptors (Lipinski definition) is 7. The van der Waals surface area contributed by atoms with E-state index in [1.807, 2.05) is 12.1 Å². The molecule has 0 radical (unpaired) electrons. The van der Waals surface area contributed by atoms with Gasteiger partial charge in [0, 0.05) is 24.3 Å². The van der Waals surface area contributed by atoms with Gasteiger partial charge in [0.1, 0.15) is 40.1 Å². The summed E-state index contributed by atoms with van der Waals surface area (Å²) in [5.41, 5.74) is 0.229. The van der Waals surface area contributed by atoms with Crippen LogP contribution >= 0.6 is 8.58 Å². The first-order valence-corrected chi connectivity index (χ1v) is 15.2. The SMILES string of the molecule is CCCCCOc1cc(OCCCCC)c(PC(=O)c2c(OC)cc(OC)cc2OC)c(OCCCCC)c1.[LiH]. The van der Waals surface area contributed by atoms with Crippen LogP contribution in [0.5, 0.6) is 34.5 Å². The molecule has 0 bridgehead atoms. The first kappa shape index (κ1) is 36.0. The molecule has 0 heterocycles. The minimum atomic E-state index is -0.273. The van der Waals surface area contributed by atoms with Crippen LogP contribution in [0, 0.1) is 0 Å². The molecule has 2 aromatic carbocycles. The van der Waals surface area contributed by atoms with Crippen molar-refractivity contribution in [1.82, 2.24) is 0 Å². The maximum atomic E-state index is 13.8. The Morgan fingerprint density at radius 3 is 1.43 bits per heavy atom. The van der Waals surface area contributed by atoms with Gasteiger partial charge < -0.3 is 28.4 Å². The standard InChI is InChI=1S/C31H47O7P.Li.H/c1-7-10-13-16-36-24-21-27(37-17-14-11-8-2)30(28(22-24)38-18-15-12-9-3)39-31(32)29-25(34-5)19-23(33-4)20-26(29)35-6;;/h19-22,39H,7-18H2,1-6H3;;. The molecule has 40 heavy (non-hydrogen) atoms. The Hall–Kier alpha value is -2.06. The predicted molar refractivity (Wildman–Crippen MR) is 167 cm³/mol. The molecule has 0 aliphatic carbocycles. The Labute approximate surface area is 254 Å². The number of rotatable bonds is 21. The number of methoxy groups -OCH3 is 3. The number of benzene rings is 2. The van der Waals surface area contributed by atoms with Crippen molar-refractivity contribution in [3.8, 4) is 34.5 Å². The Morgan fingerprint density at radius 2 is 1.02 bits per heavy atom. The van der Waals surface area contributed by atoms with Crippen molar-refractivity contribution >= 4 is 38.3 Å². The summed E-state index contributed by atoms with van der Waals surface area (Å²) in [5, 5.41) is 0.730. The number of hydrogen-bond donors (Lipinski definition) is 0. The van der Waals surface area contributed by atoms with Gasteiger partial charge in [-0.2, -0.15) is 0 Å². The third kappa shape index (κ3) is 11.4. The molecule has 0 spiro atoms. The van der Waals surface area contributed by atoms with Gasteiger partial charge in [-0.1, -0.05) is 59.3 Å². The molecular formula is C31H48LiO7P. The number of unbranched alkanes of at least 4 members (excludes halogenated alkanes) is 6. The molecule has 7 nitrogen and oxygen atoms in total. The summed E-state index contributed by atoms with van der Waals surface area (Å²) >= 11 is 0. The first-order chi connectivity index (χ1) is 19.0. The second-order valence-corrected chi connectivity index (χ2v) is 10.5. The summed E-state index contributed by atoms with van der Waals surface area (Å²) in [6.07, 6.45) is 9.42. The van der Waals surface area contributed by atoms with Crippen LogP contribution in [0.1, 0.15) is 88.9 Å². The van der Waals surface area contributed by atoms with Gasteiger partial charge in [-0.25, -0.2) is 0 Å². The molecule has 2 rings (SSSR count). The first-order valence-electron chi connectivity index (χ1n) is 14.2. The fourth-order valence-electron chi connectivity index (χ4n) is 4.02. The molecule has 220 valence electrons. The van der Waals surface area contributed by atoms with E-state index < -0.39 is 0 Å². The zero-order chi connectivity index (χ0) is 28.5. The molecule has 0 saturated carbocycles. The number of carbonyl (C=O) groups is 1. The number of ether oxygens (including phenoxy) is 6. The van der Waals surface area contributed by atoms with E-state index in [1.165, 1.54) is 14.2 Å². The van der Waals surface area contributed by atoms with Crippen molar-refractivity contribution in [3.05, 3.63) is 29.8 Å². The second kappa shape index (κ2) is 20.8. The van der Waals surface area contributed by atoms with E-state index in [-0.39, 0.29) is 33.0 Å². The summed E-state index contributed by atoms with van der Waals surface area (Å²) < 4.78 is 35.1. The van der Waals surface area contributed by atoms with Crippen molar-refractivity contribution in [2.75, 3.05) is 41.2 Å². The van der Waals surface area contributed by atoms with Gasteiger partial charge in [0.2, 0.25) is 0 Å². The van der Waals surface area contributed by atoms with Crippen LogP contribution < -0.4 is 33.7 Å². The molecule has 0 aliphatic rings. The Morgan fingerprint density at radius 1 is 0.600 bits per heavy atom. The van der Waals surface area contributed by atoms with Crippen LogP contribution in [-0.2, 0) is 0 Å². The summed E-state index contributed by atoms with van der Waals surface area (Å²) in [6, 6.07) is 7.18. The van der Waals surface area contributed by atoms with Gasteiger partial charge in [0.05, 0.1) is 46.5 Å². The van der Waals surface area contributed by atoms with E-state index >= 15 is 0 Å². The average molecular weight is 571 g/mol. The third-order valence-electron chi connectivity index (χ3n) is 6.25. The fourth-order valence-corrected chi connectivity index (χ4v) is 5.15. The molecule has 2 aromatic rings. The van der Waals surface area contributed by atoms with E-state index in [0.29, 0.717) is 59.9 Å². The van der Waals surface area contributed by atoms with Gasteiger partial charge in [0.25, 0.3) is 0 Å². The zero-order valence-corrected chi connectivity index (χ0v) is 25.7. The molecule has 9 heteroatoms. The van der Waals surface area contributed by atoms with E-state index in [2.05, 4.69) is 20.8 Å². The molecular weight excluding hydrogens is 522 g/mol. The quantitative estimate of drug-likeness (QED) is 0.0917. The second-order valence-electron chi connectivity index (χ2n) is 9.32. The third-order valence-corrected chi connectivity index (χ3v) is 7.47. The van der Waals surface area contributed by atoms with E-state index in [9.17, 15) is 4.79 Å². The number of carbonyl (C=O) groups excluding carboxylic acids is 1.